The van der Waals surface area contributed by atoms with Gasteiger partial charge in [0.25, 0.3) is 0 Å². The molecule has 0 bridgehead atoms. The highest BCUT2D eigenvalue weighted by atomic mass is 16.2. The molecule has 4 heteroatoms. The second-order valence-corrected chi connectivity index (χ2v) is 4.71. The fraction of sp³-hybridized carbons (Fsp3) is 0.909. The summed E-state index contributed by atoms with van der Waals surface area (Å²) in [4.78, 5) is 15.8. The van der Waals surface area contributed by atoms with E-state index in [9.17, 15) is 4.79 Å². The molecule has 1 heterocycles. The van der Waals surface area contributed by atoms with Crippen molar-refractivity contribution in [3.63, 3.8) is 0 Å². The predicted molar refractivity (Wildman–Crippen MR) is 59.4 cm³/mol. The van der Waals surface area contributed by atoms with Gasteiger partial charge in [-0.1, -0.05) is 0 Å². The largest absolute Gasteiger partial charge is 0.341 e. The van der Waals surface area contributed by atoms with Gasteiger partial charge in [0.1, 0.15) is 0 Å². The van der Waals surface area contributed by atoms with Gasteiger partial charge in [0.2, 0.25) is 5.91 Å². The minimum absolute atomic E-state index is 0.0996. The Morgan fingerprint density at radius 2 is 1.80 bits per heavy atom. The molecule has 0 atom stereocenters. The van der Waals surface area contributed by atoms with Crippen molar-refractivity contribution < 1.29 is 4.79 Å². The van der Waals surface area contributed by atoms with E-state index in [-0.39, 0.29) is 12.5 Å². The average Bonchev–Trinajstić information content (AvgIpc) is 3.11. The first-order chi connectivity index (χ1) is 7.22. The molecule has 1 saturated carbocycles. The fourth-order valence-corrected chi connectivity index (χ4v) is 2.43. The third-order valence-corrected chi connectivity index (χ3v) is 3.69. The topological polar surface area (TPSA) is 49.6 Å². The van der Waals surface area contributed by atoms with Crippen LogP contribution in [-0.4, -0.2) is 54.5 Å². The van der Waals surface area contributed by atoms with Crippen LogP contribution in [0.2, 0.25) is 0 Å². The van der Waals surface area contributed by atoms with Crippen molar-refractivity contribution in [2.24, 2.45) is 5.73 Å². The summed E-state index contributed by atoms with van der Waals surface area (Å²) in [5, 5.41) is 0. The number of hydrogen-bond donors (Lipinski definition) is 1. The van der Waals surface area contributed by atoms with Gasteiger partial charge in [0.15, 0.2) is 0 Å². The van der Waals surface area contributed by atoms with Crippen molar-refractivity contribution in [2.45, 2.75) is 37.8 Å². The summed E-state index contributed by atoms with van der Waals surface area (Å²) in [6.07, 6.45) is 4.94. The first kappa shape index (κ1) is 10.9. The van der Waals surface area contributed by atoms with Crippen LogP contribution in [-0.2, 0) is 4.79 Å². The lowest BCUT2D eigenvalue weighted by molar-refractivity contribution is -0.131. The summed E-state index contributed by atoms with van der Waals surface area (Å²) in [5.41, 5.74) is 5.35. The summed E-state index contributed by atoms with van der Waals surface area (Å²) < 4.78 is 0. The summed E-state index contributed by atoms with van der Waals surface area (Å²) in [6.45, 7) is 1.93. The first-order valence-electron chi connectivity index (χ1n) is 5.92. The average molecular weight is 211 g/mol. The molecule has 0 aromatic carbocycles. The molecule has 0 aromatic heterocycles. The zero-order valence-electron chi connectivity index (χ0n) is 9.48. The highest BCUT2D eigenvalue weighted by Gasteiger charge is 2.33. The highest BCUT2D eigenvalue weighted by molar-refractivity contribution is 5.78. The Labute approximate surface area is 91.4 Å². The standard InChI is InChI=1S/C11H21N3O/c1-13(9-2-3-9)10-4-6-14(7-5-10)11(15)8-12/h9-10H,2-8,12H2,1H3. The lowest BCUT2D eigenvalue weighted by Crippen LogP contribution is -2.47. The van der Waals surface area contributed by atoms with Gasteiger partial charge in [-0.05, 0) is 32.7 Å². The molecule has 0 aromatic rings. The quantitative estimate of drug-likeness (QED) is 0.716. The number of amides is 1. The number of hydrogen-bond acceptors (Lipinski definition) is 3. The Balaban J connectivity index is 1.78. The molecule has 0 radical (unpaired) electrons. The van der Waals surface area contributed by atoms with Crippen LogP contribution in [0.3, 0.4) is 0 Å². The maximum Gasteiger partial charge on any atom is 0.236 e. The van der Waals surface area contributed by atoms with Crippen LogP contribution in [0.5, 0.6) is 0 Å². The number of carbonyl (C=O) groups excluding carboxylic acids is 1. The van der Waals surface area contributed by atoms with Crippen molar-refractivity contribution in [3.05, 3.63) is 0 Å². The van der Waals surface area contributed by atoms with Crippen LogP contribution >= 0.6 is 0 Å². The van der Waals surface area contributed by atoms with Crippen molar-refractivity contribution in [1.82, 2.24) is 9.80 Å². The summed E-state index contributed by atoms with van der Waals surface area (Å²) in [5.74, 6) is 0.0996. The predicted octanol–water partition coefficient (Wildman–Crippen LogP) is 0.0303. The lowest BCUT2D eigenvalue weighted by atomic mass is 10.0. The maximum absolute atomic E-state index is 11.4. The van der Waals surface area contributed by atoms with Crippen molar-refractivity contribution >= 4 is 5.91 Å². The summed E-state index contributed by atoms with van der Waals surface area (Å²) >= 11 is 0. The molecule has 2 N–H and O–H groups in total. The van der Waals surface area contributed by atoms with E-state index in [0.29, 0.717) is 6.04 Å². The summed E-state index contributed by atoms with van der Waals surface area (Å²) in [6, 6.07) is 1.51. The van der Waals surface area contributed by atoms with E-state index in [1.165, 1.54) is 12.8 Å². The maximum atomic E-state index is 11.4. The highest BCUT2D eigenvalue weighted by Crippen LogP contribution is 2.30. The van der Waals surface area contributed by atoms with Crippen LogP contribution in [0.25, 0.3) is 0 Å². The van der Waals surface area contributed by atoms with E-state index in [2.05, 4.69) is 11.9 Å². The molecule has 1 aliphatic heterocycles. The zero-order chi connectivity index (χ0) is 10.8. The normalized spacial score (nSPS) is 23.5. The third-order valence-electron chi connectivity index (χ3n) is 3.69. The van der Waals surface area contributed by atoms with Crippen molar-refractivity contribution in [3.8, 4) is 0 Å². The molecule has 2 aliphatic rings. The van der Waals surface area contributed by atoms with E-state index in [4.69, 9.17) is 5.73 Å². The van der Waals surface area contributed by atoms with Gasteiger partial charge in [0, 0.05) is 25.2 Å². The SMILES string of the molecule is CN(C1CC1)C1CCN(C(=O)CN)CC1. The first-order valence-corrected chi connectivity index (χ1v) is 5.92. The molecule has 1 saturated heterocycles. The Morgan fingerprint density at radius 3 is 2.27 bits per heavy atom. The number of rotatable bonds is 3. The van der Waals surface area contributed by atoms with Gasteiger partial charge < -0.3 is 15.5 Å². The molecule has 1 amide bonds. The van der Waals surface area contributed by atoms with E-state index >= 15 is 0 Å². The van der Waals surface area contributed by atoms with E-state index in [0.717, 1.165) is 32.0 Å². The molecule has 86 valence electrons. The Hall–Kier alpha value is -0.610. The van der Waals surface area contributed by atoms with Gasteiger partial charge in [-0.25, -0.2) is 0 Å². The molecular weight excluding hydrogens is 190 g/mol. The monoisotopic (exact) mass is 211 g/mol. The lowest BCUT2D eigenvalue weighted by Gasteiger charge is -2.36. The molecule has 2 rings (SSSR count). The molecule has 15 heavy (non-hydrogen) atoms. The fourth-order valence-electron chi connectivity index (χ4n) is 2.43. The van der Waals surface area contributed by atoms with Crippen molar-refractivity contribution in [1.29, 1.82) is 0 Å². The molecule has 4 nitrogen and oxygen atoms in total. The Morgan fingerprint density at radius 1 is 1.27 bits per heavy atom. The van der Waals surface area contributed by atoms with Crippen LogP contribution in [0.1, 0.15) is 25.7 Å². The molecular formula is C11H21N3O. The van der Waals surface area contributed by atoms with Gasteiger partial charge in [-0.2, -0.15) is 0 Å². The van der Waals surface area contributed by atoms with Crippen LogP contribution in [0, 0.1) is 0 Å². The van der Waals surface area contributed by atoms with Gasteiger partial charge in [0.05, 0.1) is 6.54 Å². The minimum Gasteiger partial charge on any atom is -0.341 e. The molecule has 1 aliphatic carbocycles. The number of piperidine rings is 1. The van der Waals surface area contributed by atoms with Gasteiger partial charge in [-0.3, -0.25) is 4.79 Å². The van der Waals surface area contributed by atoms with Crippen molar-refractivity contribution in [2.75, 3.05) is 26.7 Å². The van der Waals surface area contributed by atoms with Crippen LogP contribution in [0.4, 0.5) is 0 Å². The third kappa shape index (κ3) is 2.49. The number of carbonyl (C=O) groups is 1. The van der Waals surface area contributed by atoms with Gasteiger partial charge >= 0.3 is 0 Å². The molecule has 0 spiro atoms. The van der Waals surface area contributed by atoms with E-state index < -0.39 is 0 Å². The number of likely N-dealkylation sites (tertiary alicyclic amines) is 1. The smallest absolute Gasteiger partial charge is 0.236 e. The second kappa shape index (κ2) is 4.49. The van der Waals surface area contributed by atoms with Gasteiger partial charge in [-0.15, -0.1) is 0 Å². The Kier molecular flexibility index (Phi) is 3.26. The van der Waals surface area contributed by atoms with Crippen LogP contribution in [0.15, 0.2) is 0 Å². The van der Waals surface area contributed by atoms with E-state index in [1.807, 2.05) is 4.90 Å². The van der Waals surface area contributed by atoms with E-state index in [1.54, 1.807) is 0 Å². The zero-order valence-corrected chi connectivity index (χ0v) is 9.48. The number of nitrogens with two attached hydrogens (primary N) is 1. The Bertz CT molecular complexity index is 232. The minimum atomic E-state index is 0.0996. The number of nitrogens with zero attached hydrogens (tertiary/aromatic N) is 2. The molecule has 2 fully saturated rings. The second-order valence-electron chi connectivity index (χ2n) is 4.71. The molecule has 0 unspecified atom stereocenters. The summed E-state index contributed by atoms with van der Waals surface area (Å²) in [7, 11) is 2.22. The van der Waals surface area contributed by atoms with Crippen LogP contribution < -0.4 is 5.73 Å².